The first-order valence-electron chi connectivity index (χ1n) is 7.37. The average Bonchev–Trinajstić information content (AvgIpc) is 3.20. The van der Waals surface area contributed by atoms with Gasteiger partial charge >= 0.3 is 0 Å². The molecule has 0 spiro atoms. The SMILES string of the molecule is N#Cc1ccc(CNc2cc(-c3cccc(Cl)c3)nn2CCO)o1. The number of anilines is 1. The van der Waals surface area contributed by atoms with Crippen LogP contribution in [0.2, 0.25) is 5.02 Å². The molecule has 2 N–H and O–H groups in total. The van der Waals surface area contributed by atoms with E-state index in [2.05, 4.69) is 10.4 Å². The topological polar surface area (TPSA) is 87.0 Å². The summed E-state index contributed by atoms with van der Waals surface area (Å²) in [6.45, 7) is 0.753. The summed E-state index contributed by atoms with van der Waals surface area (Å²) < 4.78 is 7.03. The first kappa shape index (κ1) is 16.1. The van der Waals surface area contributed by atoms with Crippen molar-refractivity contribution in [2.75, 3.05) is 11.9 Å². The predicted octanol–water partition coefficient (Wildman–Crippen LogP) is 3.27. The van der Waals surface area contributed by atoms with Gasteiger partial charge in [0.15, 0.2) is 0 Å². The number of halogens is 1. The number of benzene rings is 1. The molecule has 24 heavy (non-hydrogen) atoms. The molecule has 2 aromatic heterocycles. The highest BCUT2D eigenvalue weighted by Gasteiger charge is 2.10. The molecule has 0 radical (unpaired) electrons. The van der Waals surface area contributed by atoms with Gasteiger partial charge in [-0.1, -0.05) is 23.7 Å². The van der Waals surface area contributed by atoms with Gasteiger partial charge in [-0.15, -0.1) is 0 Å². The van der Waals surface area contributed by atoms with Crippen molar-refractivity contribution in [2.45, 2.75) is 13.1 Å². The van der Waals surface area contributed by atoms with Gasteiger partial charge in [-0.3, -0.25) is 0 Å². The summed E-state index contributed by atoms with van der Waals surface area (Å²) in [6, 6.07) is 14.6. The third-order valence-corrected chi connectivity index (χ3v) is 3.66. The molecule has 0 bridgehead atoms. The number of nitrogens with one attached hydrogen (secondary N) is 1. The van der Waals surface area contributed by atoms with Crippen molar-refractivity contribution < 1.29 is 9.52 Å². The summed E-state index contributed by atoms with van der Waals surface area (Å²) in [4.78, 5) is 0. The van der Waals surface area contributed by atoms with Crippen molar-refractivity contribution in [3.05, 3.63) is 59.0 Å². The molecule has 3 aromatic rings. The van der Waals surface area contributed by atoms with Crippen molar-refractivity contribution in [3.8, 4) is 17.3 Å². The Morgan fingerprint density at radius 2 is 2.17 bits per heavy atom. The third kappa shape index (κ3) is 3.59. The Balaban J connectivity index is 1.82. The lowest BCUT2D eigenvalue weighted by Gasteiger charge is -2.06. The van der Waals surface area contributed by atoms with Gasteiger partial charge in [0.05, 0.1) is 25.4 Å². The molecule has 2 heterocycles. The summed E-state index contributed by atoms with van der Waals surface area (Å²) >= 11 is 6.03. The van der Waals surface area contributed by atoms with E-state index in [4.69, 9.17) is 21.3 Å². The van der Waals surface area contributed by atoms with Gasteiger partial charge in [-0.25, -0.2) is 4.68 Å². The fourth-order valence-corrected chi connectivity index (χ4v) is 2.51. The number of hydrogen-bond acceptors (Lipinski definition) is 5. The highest BCUT2D eigenvalue weighted by Crippen LogP contribution is 2.25. The van der Waals surface area contributed by atoms with Crippen molar-refractivity contribution >= 4 is 17.4 Å². The second kappa shape index (κ2) is 7.21. The van der Waals surface area contributed by atoms with Crippen molar-refractivity contribution in [2.24, 2.45) is 0 Å². The van der Waals surface area contributed by atoms with E-state index in [1.165, 1.54) is 0 Å². The maximum atomic E-state index is 9.22. The van der Waals surface area contributed by atoms with Crippen molar-refractivity contribution in [3.63, 3.8) is 0 Å². The quantitative estimate of drug-likeness (QED) is 0.718. The summed E-state index contributed by atoms with van der Waals surface area (Å²) in [5, 5.41) is 26.4. The maximum Gasteiger partial charge on any atom is 0.203 e. The second-order valence-electron chi connectivity index (χ2n) is 5.10. The Labute approximate surface area is 143 Å². The van der Waals surface area contributed by atoms with Crippen LogP contribution in [0.3, 0.4) is 0 Å². The molecule has 0 unspecified atom stereocenters. The number of nitriles is 1. The average molecular weight is 343 g/mol. The highest BCUT2D eigenvalue weighted by molar-refractivity contribution is 6.30. The largest absolute Gasteiger partial charge is 0.449 e. The van der Waals surface area contributed by atoms with Crippen LogP contribution in [0.1, 0.15) is 11.5 Å². The van der Waals surface area contributed by atoms with E-state index in [0.717, 1.165) is 17.1 Å². The van der Waals surface area contributed by atoms with Crippen LogP contribution >= 0.6 is 11.6 Å². The van der Waals surface area contributed by atoms with Gasteiger partial charge in [0, 0.05) is 16.7 Å². The van der Waals surface area contributed by atoms with Crippen LogP contribution in [0, 0.1) is 11.3 Å². The monoisotopic (exact) mass is 342 g/mol. The Hall–Kier alpha value is -2.75. The van der Waals surface area contributed by atoms with Crippen LogP contribution in [0.5, 0.6) is 0 Å². The molecule has 0 saturated heterocycles. The van der Waals surface area contributed by atoms with Gasteiger partial charge < -0.3 is 14.8 Å². The van der Waals surface area contributed by atoms with Crippen molar-refractivity contribution in [1.29, 1.82) is 5.26 Å². The van der Waals surface area contributed by atoms with Crippen LogP contribution in [-0.4, -0.2) is 21.5 Å². The van der Waals surface area contributed by atoms with Crippen molar-refractivity contribution in [1.82, 2.24) is 9.78 Å². The first-order valence-corrected chi connectivity index (χ1v) is 7.74. The Kier molecular flexibility index (Phi) is 4.85. The number of rotatable bonds is 6. The summed E-state index contributed by atoms with van der Waals surface area (Å²) in [5.74, 6) is 1.66. The number of nitrogens with zero attached hydrogens (tertiary/aromatic N) is 3. The molecule has 0 aliphatic carbocycles. The molecular formula is C17H15ClN4O2. The first-order chi connectivity index (χ1) is 11.7. The summed E-state index contributed by atoms with van der Waals surface area (Å²) in [5.41, 5.74) is 1.65. The molecule has 0 fully saturated rings. The zero-order valence-corrected chi connectivity index (χ0v) is 13.5. The lowest BCUT2D eigenvalue weighted by atomic mass is 10.1. The van der Waals surface area contributed by atoms with E-state index in [9.17, 15) is 5.11 Å². The second-order valence-corrected chi connectivity index (χ2v) is 5.54. The van der Waals surface area contributed by atoms with Gasteiger partial charge in [0.1, 0.15) is 17.6 Å². The Morgan fingerprint density at radius 1 is 1.29 bits per heavy atom. The highest BCUT2D eigenvalue weighted by atomic mass is 35.5. The van der Waals surface area contributed by atoms with E-state index in [1.807, 2.05) is 30.3 Å². The molecule has 3 rings (SSSR count). The van der Waals surface area contributed by atoms with Gasteiger partial charge in [-0.2, -0.15) is 10.4 Å². The minimum Gasteiger partial charge on any atom is -0.449 e. The summed E-state index contributed by atoms with van der Waals surface area (Å²) in [6.07, 6.45) is 0. The van der Waals surface area contributed by atoms with Crippen LogP contribution in [0.15, 0.2) is 46.9 Å². The van der Waals surface area contributed by atoms with E-state index in [0.29, 0.717) is 23.9 Å². The molecule has 0 atom stereocenters. The van der Waals surface area contributed by atoms with Gasteiger partial charge in [0.2, 0.25) is 5.76 Å². The molecular weight excluding hydrogens is 328 g/mol. The van der Waals surface area contributed by atoms with E-state index in [1.54, 1.807) is 22.9 Å². The minimum absolute atomic E-state index is 0.0231. The number of hydrogen-bond donors (Lipinski definition) is 2. The lowest BCUT2D eigenvalue weighted by Crippen LogP contribution is -2.10. The zero-order chi connectivity index (χ0) is 16.9. The van der Waals surface area contributed by atoms with E-state index < -0.39 is 0 Å². The molecule has 7 heteroatoms. The van der Waals surface area contributed by atoms with Crippen LogP contribution in [0.25, 0.3) is 11.3 Å². The number of furan rings is 1. The molecule has 1 aromatic carbocycles. The van der Waals surface area contributed by atoms with E-state index >= 15 is 0 Å². The third-order valence-electron chi connectivity index (χ3n) is 3.43. The maximum absolute atomic E-state index is 9.22. The summed E-state index contributed by atoms with van der Waals surface area (Å²) in [7, 11) is 0. The zero-order valence-electron chi connectivity index (χ0n) is 12.7. The van der Waals surface area contributed by atoms with Gasteiger partial charge in [-0.05, 0) is 24.3 Å². The molecule has 0 aliphatic rings. The fraction of sp³-hybridized carbons (Fsp3) is 0.176. The number of aromatic nitrogens is 2. The standard InChI is InChI=1S/C17H15ClN4O2/c18-13-3-1-2-12(8-13)16-9-17(22(21-16)6-7-23)20-11-15-5-4-14(10-19)24-15/h1-5,8-9,20,23H,6-7,11H2. The van der Waals surface area contributed by atoms with Crippen LogP contribution in [-0.2, 0) is 13.1 Å². The van der Waals surface area contributed by atoms with Crippen LogP contribution < -0.4 is 5.32 Å². The van der Waals surface area contributed by atoms with E-state index in [-0.39, 0.29) is 12.4 Å². The van der Waals surface area contributed by atoms with Crippen LogP contribution in [0.4, 0.5) is 5.82 Å². The number of aliphatic hydroxyl groups excluding tert-OH is 1. The minimum atomic E-state index is -0.0231. The Morgan fingerprint density at radius 3 is 2.88 bits per heavy atom. The molecule has 0 aliphatic heterocycles. The Bertz CT molecular complexity index is 879. The molecule has 122 valence electrons. The predicted molar refractivity (Wildman–Crippen MR) is 90.5 cm³/mol. The molecule has 0 amide bonds. The normalized spacial score (nSPS) is 10.5. The fourth-order valence-electron chi connectivity index (χ4n) is 2.32. The molecule has 6 nitrogen and oxygen atoms in total. The smallest absolute Gasteiger partial charge is 0.203 e. The number of aliphatic hydroxyl groups is 1. The lowest BCUT2D eigenvalue weighted by molar-refractivity contribution is 0.270. The van der Waals surface area contributed by atoms with Gasteiger partial charge in [0.25, 0.3) is 0 Å². The molecule has 0 saturated carbocycles.